The van der Waals surface area contributed by atoms with E-state index in [1.807, 2.05) is 0 Å². The summed E-state index contributed by atoms with van der Waals surface area (Å²) in [5, 5.41) is 2.83. The molecule has 0 aliphatic carbocycles. The van der Waals surface area contributed by atoms with Gasteiger partial charge in [0.2, 0.25) is 0 Å². The zero-order chi connectivity index (χ0) is 17.4. The molecule has 2 rings (SSSR count). The van der Waals surface area contributed by atoms with Crippen LogP contribution in [0.25, 0.3) is 0 Å². The number of quaternary nitrogens is 1. The van der Waals surface area contributed by atoms with Crippen molar-refractivity contribution < 1.29 is 23.6 Å². The Labute approximate surface area is 141 Å². The Bertz CT molecular complexity index is 560. The number of carbonyl (C=O) groups excluding carboxylic acids is 2. The highest BCUT2D eigenvalue weighted by Crippen LogP contribution is 2.05. The second kappa shape index (κ2) is 9.22. The zero-order valence-corrected chi connectivity index (χ0v) is 14.0. The van der Waals surface area contributed by atoms with E-state index in [1.54, 1.807) is 30.0 Å². The molecule has 1 saturated heterocycles. The average molecular weight is 338 g/mol. The first-order chi connectivity index (χ1) is 11.6. The van der Waals surface area contributed by atoms with Crippen LogP contribution in [0.15, 0.2) is 24.3 Å². The monoisotopic (exact) mass is 338 g/mol. The van der Waals surface area contributed by atoms with Gasteiger partial charge in [-0.05, 0) is 25.0 Å². The largest absolute Gasteiger partial charge is 0.450 e. The minimum atomic E-state index is -0.286. The first kappa shape index (κ1) is 18.2. The molecule has 0 radical (unpaired) electrons. The van der Waals surface area contributed by atoms with Crippen molar-refractivity contribution in [2.45, 2.75) is 13.3 Å². The number of rotatable bonds is 6. The third kappa shape index (κ3) is 5.49. The van der Waals surface area contributed by atoms with Crippen molar-refractivity contribution in [3.05, 3.63) is 35.6 Å². The Balaban J connectivity index is 1.65. The summed E-state index contributed by atoms with van der Waals surface area (Å²) < 4.78 is 18.5. The lowest BCUT2D eigenvalue weighted by atomic mass is 10.1. The van der Waals surface area contributed by atoms with Crippen molar-refractivity contribution in [1.82, 2.24) is 10.2 Å². The van der Waals surface area contributed by atoms with Gasteiger partial charge in [0.25, 0.3) is 5.91 Å². The number of hydrogen-bond acceptors (Lipinski definition) is 3. The molecule has 1 aliphatic heterocycles. The van der Waals surface area contributed by atoms with Crippen LogP contribution in [0, 0.1) is 5.82 Å². The van der Waals surface area contributed by atoms with Gasteiger partial charge >= 0.3 is 6.09 Å². The highest BCUT2D eigenvalue weighted by atomic mass is 19.1. The van der Waals surface area contributed by atoms with E-state index >= 15 is 0 Å². The standard InChI is InChI=1S/C17H24FN3O3/c1-2-24-17(23)21-11-9-20(10-12-21)13-16(22)19-8-7-14-5-3-4-6-15(14)18/h3-6H,2,7-13H2,1H3,(H,19,22)/p+1. The van der Waals surface area contributed by atoms with Gasteiger partial charge in [-0.25, -0.2) is 9.18 Å². The summed E-state index contributed by atoms with van der Waals surface area (Å²) in [4.78, 5) is 26.4. The topological polar surface area (TPSA) is 63.1 Å². The van der Waals surface area contributed by atoms with Crippen molar-refractivity contribution in [3.63, 3.8) is 0 Å². The third-order valence-electron chi connectivity index (χ3n) is 4.08. The van der Waals surface area contributed by atoms with E-state index in [9.17, 15) is 14.0 Å². The number of nitrogens with zero attached hydrogens (tertiary/aromatic N) is 1. The Kier molecular flexibility index (Phi) is 6.99. The van der Waals surface area contributed by atoms with E-state index in [0.29, 0.717) is 44.8 Å². The van der Waals surface area contributed by atoms with Crippen LogP contribution < -0.4 is 10.2 Å². The summed E-state index contributed by atoms with van der Waals surface area (Å²) in [5.41, 5.74) is 0.605. The Hall–Kier alpha value is -2.15. The van der Waals surface area contributed by atoms with Crippen LogP contribution in [0.3, 0.4) is 0 Å². The van der Waals surface area contributed by atoms with E-state index in [-0.39, 0.29) is 17.8 Å². The second-order valence-corrected chi connectivity index (χ2v) is 5.80. The summed E-state index contributed by atoms with van der Waals surface area (Å²) in [6.07, 6.45) is 0.190. The molecule has 1 fully saturated rings. The molecular formula is C17H25FN3O3+. The predicted octanol–water partition coefficient (Wildman–Crippen LogP) is -0.159. The molecule has 1 aliphatic rings. The minimum Gasteiger partial charge on any atom is -0.450 e. The molecule has 6 nitrogen and oxygen atoms in total. The number of amides is 2. The lowest BCUT2D eigenvalue weighted by molar-refractivity contribution is -0.896. The third-order valence-corrected chi connectivity index (χ3v) is 4.08. The fourth-order valence-corrected chi connectivity index (χ4v) is 2.72. The molecular weight excluding hydrogens is 313 g/mol. The van der Waals surface area contributed by atoms with Crippen molar-refractivity contribution in [2.75, 3.05) is 45.9 Å². The molecule has 2 amide bonds. The van der Waals surface area contributed by atoms with Crippen LogP contribution in [0.4, 0.5) is 9.18 Å². The van der Waals surface area contributed by atoms with Gasteiger partial charge in [0.1, 0.15) is 5.82 Å². The van der Waals surface area contributed by atoms with Crippen molar-refractivity contribution in [1.29, 1.82) is 0 Å². The molecule has 0 saturated carbocycles. The Morgan fingerprint density at radius 1 is 1.29 bits per heavy atom. The van der Waals surface area contributed by atoms with Gasteiger partial charge in [-0.3, -0.25) is 9.69 Å². The highest BCUT2D eigenvalue weighted by Gasteiger charge is 2.25. The highest BCUT2D eigenvalue weighted by molar-refractivity contribution is 5.76. The second-order valence-electron chi connectivity index (χ2n) is 5.80. The van der Waals surface area contributed by atoms with Crippen LogP contribution in [0.2, 0.25) is 0 Å². The number of hydrogen-bond donors (Lipinski definition) is 2. The Morgan fingerprint density at radius 3 is 2.67 bits per heavy atom. The van der Waals surface area contributed by atoms with Gasteiger partial charge in [0.15, 0.2) is 6.54 Å². The fraction of sp³-hybridized carbons (Fsp3) is 0.529. The van der Waals surface area contributed by atoms with Crippen molar-refractivity contribution in [3.8, 4) is 0 Å². The lowest BCUT2D eigenvalue weighted by Crippen LogP contribution is -3.15. The quantitative estimate of drug-likeness (QED) is 0.758. The van der Waals surface area contributed by atoms with Crippen LogP contribution in [-0.2, 0) is 16.0 Å². The van der Waals surface area contributed by atoms with E-state index in [0.717, 1.165) is 18.0 Å². The van der Waals surface area contributed by atoms with E-state index < -0.39 is 0 Å². The molecule has 7 heteroatoms. The van der Waals surface area contributed by atoms with E-state index in [4.69, 9.17) is 4.74 Å². The minimum absolute atomic E-state index is 0.0501. The average Bonchev–Trinajstić information content (AvgIpc) is 2.57. The molecule has 1 aromatic rings. The molecule has 2 N–H and O–H groups in total. The Morgan fingerprint density at radius 2 is 2.00 bits per heavy atom. The number of carbonyl (C=O) groups is 2. The molecule has 132 valence electrons. The van der Waals surface area contributed by atoms with Crippen molar-refractivity contribution >= 4 is 12.0 Å². The van der Waals surface area contributed by atoms with Crippen LogP contribution in [0.1, 0.15) is 12.5 Å². The zero-order valence-electron chi connectivity index (χ0n) is 14.0. The summed E-state index contributed by atoms with van der Waals surface area (Å²) in [7, 11) is 0. The van der Waals surface area contributed by atoms with Gasteiger partial charge in [-0.15, -0.1) is 0 Å². The molecule has 0 spiro atoms. The van der Waals surface area contributed by atoms with Gasteiger partial charge in [-0.2, -0.15) is 0 Å². The van der Waals surface area contributed by atoms with Crippen LogP contribution >= 0.6 is 0 Å². The normalized spacial score (nSPS) is 15.2. The molecule has 1 heterocycles. The predicted molar refractivity (Wildman–Crippen MR) is 87.3 cm³/mol. The summed E-state index contributed by atoms with van der Waals surface area (Å²) in [5.74, 6) is -0.293. The van der Waals surface area contributed by atoms with Gasteiger partial charge < -0.3 is 15.0 Å². The first-order valence-corrected chi connectivity index (χ1v) is 8.35. The smallest absolute Gasteiger partial charge is 0.410 e. The molecule has 24 heavy (non-hydrogen) atoms. The number of nitrogens with one attached hydrogen (secondary N) is 2. The molecule has 0 aromatic heterocycles. The molecule has 0 bridgehead atoms. The fourth-order valence-electron chi connectivity index (χ4n) is 2.72. The van der Waals surface area contributed by atoms with Crippen molar-refractivity contribution in [2.24, 2.45) is 0 Å². The summed E-state index contributed by atoms with van der Waals surface area (Å²) in [6.45, 7) is 5.57. The SMILES string of the molecule is CCOC(=O)N1CC[NH+](CC(=O)NCCc2ccccc2F)CC1. The number of halogens is 1. The first-order valence-electron chi connectivity index (χ1n) is 8.35. The lowest BCUT2D eigenvalue weighted by Gasteiger charge is -2.31. The van der Waals surface area contributed by atoms with Crippen LogP contribution in [-0.4, -0.2) is 62.8 Å². The maximum Gasteiger partial charge on any atom is 0.410 e. The van der Waals surface area contributed by atoms with E-state index in [2.05, 4.69) is 5.32 Å². The van der Waals surface area contributed by atoms with E-state index in [1.165, 1.54) is 6.07 Å². The van der Waals surface area contributed by atoms with Gasteiger partial charge in [-0.1, -0.05) is 18.2 Å². The maximum atomic E-state index is 13.5. The van der Waals surface area contributed by atoms with Gasteiger partial charge in [0.05, 0.1) is 32.8 Å². The molecule has 0 atom stereocenters. The number of ether oxygens (including phenoxy) is 1. The molecule has 0 unspecified atom stereocenters. The van der Waals surface area contributed by atoms with Gasteiger partial charge in [0, 0.05) is 6.54 Å². The summed E-state index contributed by atoms with van der Waals surface area (Å²) >= 11 is 0. The summed E-state index contributed by atoms with van der Waals surface area (Å²) in [6, 6.07) is 6.58. The maximum absolute atomic E-state index is 13.5. The number of piperazine rings is 1. The van der Waals surface area contributed by atoms with Crippen LogP contribution in [0.5, 0.6) is 0 Å². The number of benzene rings is 1. The molecule has 1 aromatic carbocycles.